The van der Waals surface area contributed by atoms with Crippen LogP contribution in [0.3, 0.4) is 0 Å². The van der Waals surface area contributed by atoms with Crippen molar-refractivity contribution < 1.29 is 23.5 Å². The third-order valence-corrected chi connectivity index (χ3v) is 11.5. The van der Waals surface area contributed by atoms with E-state index in [1.165, 1.54) is 12.1 Å². The molecule has 0 unspecified atom stereocenters. The molecule has 3 rings (SSSR count). The van der Waals surface area contributed by atoms with Crippen molar-refractivity contribution in [3.05, 3.63) is 69.5 Å². The summed E-state index contributed by atoms with van der Waals surface area (Å²) in [5.74, 6) is -1.30. The number of carboxylic acid groups (broad SMARTS) is 1. The molecule has 0 aromatic heterocycles. The number of rotatable bonds is 8. The van der Waals surface area contributed by atoms with Crippen molar-refractivity contribution in [2.24, 2.45) is 5.92 Å². The van der Waals surface area contributed by atoms with Crippen LogP contribution in [-0.4, -0.2) is 25.3 Å². The zero-order chi connectivity index (χ0) is 24.6. The number of benzene rings is 2. The normalized spacial score (nSPS) is 15.2. The lowest BCUT2D eigenvalue weighted by atomic mass is 9.95. The Bertz CT molecular complexity index is 1050. The van der Waals surface area contributed by atoms with Crippen molar-refractivity contribution in [2.75, 3.05) is 0 Å². The zero-order valence-electron chi connectivity index (χ0n) is 19.7. The highest BCUT2D eigenvalue weighted by Gasteiger charge is 2.38. The molecule has 1 aliphatic carbocycles. The molecule has 0 radical (unpaired) electrons. The van der Waals surface area contributed by atoms with Gasteiger partial charge in [-0.05, 0) is 48.5 Å². The Balaban J connectivity index is 1.83. The lowest BCUT2D eigenvalue weighted by Gasteiger charge is -2.36. The number of amides is 1. The second kappa shape index (κ2) is 9.56. The molecule has 0 bridgehead atoms. The third kappa shape index (κ3) is 5.83. The van der Waals surface area contributed by atoms with Crippen LogP contribution in [0.2, 0.25) is 23.2 Å². The van der Waals surface area contributed by atoms with Gasteiger partial charge in [-0.15, -0.1) is 0 Å². The van der Waals surface area contributed by atoms with Crippen LogP contribution in [0.5, 0.6) is 0 Å². The van der Waals surface area contributed by atoms with E-state index >= 15 is 4.39 Å². The SMILES string of the molecule is CC(C)(C)[Si](C)(C)OCc1ccc(C(=O)c2c(Cl)ccc([C@H](NC(=O)O)C3CC3)c2F)cc1. The van der Waals surface area contributed by atoms with Crippen molar-refractivity contribution in [1.29, 1.82) is 0 Å². The predicted molar refractivity (Wildman–Crippen MR) is 130 cm³/mol. The first-order chi connectivity index (χ1) is 15.3. The maximum absolute atomic E-state index is 15.4. The second-order valence-corrected chi connectivity index (χ2v) is 15.4. The molecule has 8 heteroatoms. The third-order valence-electron chi connectivity index (χ3n) is 6.68. The molecule has 33 heavy (non-hydrogen) atoms. The average molecular weight is 492 g/mol. The van der Waals surface area contributed by atoms with E-state index in [1.54, 1.807) is 24.3 Å². The molecule has 0 spiro atoms. The average Bonchev–Trinajstić information content (AvgIpc) is 3.55. The van der Waals surface area contributed by atoms with Crippen molar-refractivity contribution >= 4 is 31.8 Å². The highest BCUT2D eigenvalue weighted by atomic mass is 35.5. The van der Waals surface area contributed by atoms with E-state index in [0.29, 0.717) is 12.2 Å². The Morgan fingerprint density at radius 3 is 2.30 bits per heavy atom. The summed E-state index contributed by atoms with van der Waals surface area (Å²) in [5, 5.41) is 11.6. The standard InChI is InChI=1S/C25H31ClFNO4Si/c1-25(2,3)33(4,5)32-14-15-6-8-17(9-7-15)23(29)20-19(26)13-12-18(21(20)27)22(16-10-11-16)28-24(30)31/h6-9,12-13,16,22,28H,10-11,14H2,1-5H3,(H,30,31)/t22-/m1/s1. The first kappa shape index (κ1) is 25.4. The summed E-state index contributed by atoms with van der Waals surface area (Å²) in [4.78, 5) is 24.3. The molecule has 1 aliphatic rings. The predicted octanol–water partition coefficient (Wildman–Crippen LogP) is 6.95. The minimum atomic E-state index is -1.91. The summed E-state index contributed by atoms with van der Waals surface area (Å²) in [5.41, 5.74) is 1.14. The van der Waals surface area contributed by atoms with E-state index < -0.39 is 32.1 Å². The number of hydrogen-bond acceptors (Lipinski definition) is 3. The van der Waals surface area contributed by atoms with Gasteiger partial charge in [-0.1, -0.05) is 62.7 Å². The molecule has 1 saturated carbocycles. The van der Waals surface area contributed by atoms with Gasteiger partial charge in [-0.3, -0.25) is 4.79 Å². The van der Waals surface area contributed by atoms with Gasteiger partial charge in [-0.2, -0.15) is 0 Å². The summed E-state index contributed by atoms with van der Waals surface area (Å²) >= 11 is 6.21. The molecule has 2 aromatic carbocycles. The maximum atomic E-state index is 15.4. The van der Waals surface area contributed by atoms with Crippen LogP contribution in [-0.2, 0) is 11.0 Å². The Morgan fingerprint density at radius 1 is 1.18 bits per heavy atom. The first-order valence-corrected chi connectivity index (χ1v) is 14.4. The van der Waals surface area contributed by atoms with Gasteiger partial charge in [0.15, 0.2) is 14.1 Å². The van der Waals surface area contributed by atoms with Crippen LogP contribution < -0.4 is 5.32 Å². The highest BCUT2D eigenvalue weighted by Crippen LogP contribution is 2.43. The van der Waals surface area contributed by atoms with E-state index in [4.69, 9.17) is 21.1 Å². The summed E-state index contributed by atoms with van der Waals surface area (Å²) in [6.45, 7) is 11.3. The van der Waals surface area contributed by atoms with Crippen molar-refractivity contribution in [1.82, 2.24) is 5.32 Å². The van der Waals surface area contributed by atoms with Crippen molar-refractivity contribution in [2.45, 2.75) is 64.4 Å². The van der Waals surface area contributed by atoms with E-state index in [0.717, 1.165) is 18.4 Å². The Morgan fingerprint density at radius 2 is 1.79 bits per heavy atom. The Kier molecular flexibility index (Phi) is 7.36. The van der Waals surface area contributed by atoms with Crippen LogP contribution in [0.4, 0.5) is 9.18 Å². The number of hydrogen-bond donors (Lipinski definition) is 2. The van der Waals surface area contributed by atoms with E-state index in [2.05, 4.69) is 39.2 Å². The van der Waals surface area contributed by atoms with Gasteiger partial charge in [0.1, 0.15) is 5.82 Å². The fourth-order valence-corrected chi connectivity index (χ4v) is 4.60. The van der Waals surface area contributed by atoms with Crippen molar-refractivity contribution in [3.63, 3.8) is 0 Å². The van der Waals surface area contributed by atoms with Gasteiger partial charge < -0.3 is 14.8 Å². The van der Waals surface area contributed by atoms with Gasteiger partial charge in [0.05, 0.1) is 23.2 Å². The highest BCUT2D eigenvalue weighted by molar-refractivity contribution is 6.74. The number of carbonyl (C=O) groups is 2. The van der Waals surface area contributed by atoms with Crippen LogP contribution in [0.1, 0.15) is 66.7 Å². The van der Waals surface area contributed by atoms with Crippen LogP contribution in [0, 0.1) is 11.7 Å². The molecular weight excluding hydrogens is 461 g/mol. The Labute approximate surface area is 200 Å². The maximum Gasteiger partial charge on any atom is 0.405 e. The molecule has 178 valence electrons. The minimum absolute atomic E-state index is 0.00328. The molecule has 1 fully saturated rings. The van der Waals surface area contributed by atoms with Gasteiger partial charge in [0, 0.05) is 11.1 Å². The minimum Gasteiger partial charge on any atom is -0.465 e. The molecule has 1 atom stereocenters. The van der Waals surface area contributed by atoms with Gasteiger partial charge >= 0.3 is 6.09 Å². The molecule has 2 aromatic rings. The van der Waals surface area contributed by atoms with Gasteiger partial charge in [-0.25, -0.2) is 9.18 Å². The smallest absolute Gasteiger partial charge is 0.405 e. The second-order valence-electron chi connectivity index (χ2n) is 10.2. The summed E-state index contributed by atoms with van der Waals surface area (Å²) < 4.78 is 21.7. The Hall–Kier alpha value is -2.22. The molecule has 0 aliphatic heterocycles. The fraction of sp³-hybridized carbons (Fsp3) is 0.440. The molecule has 2 N–H and O–H groups in total. The van der Waals surface area contributed by atoms with Crippen molar-refractivity contribution in [3.8, 4) is 0 Å². The number of carbonyl (C=O) groups excluding carboxylic acids is 1. The first-order valence-electron chi connectivity index (χ1n) is 11.1. The van der Waals surface area contributed by atoms with E-state index in [-0.39, 0.29) is 27.1 Å². The molecule has 0 saturated heterocycles. The fourth-order valence-electron chi connectivity index (χ4n) is 3.41. The zero-order valence-corrected chi connectivity index (χ0v) is 21.4. The van der Waals surface area contributed by atoms with Gasteiger partial charge in [0.2, 0.25) is 0 Å². The van der Waals surface area contributed by atoms with Crippen LogP contribution >= 0.6 is 11.6 Å². The van der Waals surface area contributed by atoms with E-state index in [1.807, 2.05) is 0 Å². The van der Waals surface area contributed by atoms with Crippen LogP contribution in [0.25, 0.3) is 0 Å². The van der Waals surface area contributed by atoms with Crippen LogP contribution in [0.15, 0.2) is 36.4 Å². The number of halogens is 2. The quantitative estimate of drug-likeness (QED) is 0.309. The summed E-state index contributed by atoms with van der Waals surface area (Å²) in [6.07, 6.45) is 0.369. The monoisotopic (exact) mass is 491 g/mol. The molecule has 5 nitrogen and oxygen atoms in total. The largest absolute Gasteiger partial charge is 0.465 e. The number of nitrogens with one attached hydrogen (secondary N) is 1. The van der Waals surface area contributed by atoms with Gasteiger partial charge in [0.25, 0.3) is 0 Å². The lowest BCUT2D eigenvalue weighted by Crippen LogP contribution is -2.40. The summed E-state index contributed by atoms with van der Waals surface area (Å²) in [7, 11) is -1.91. The number of ketones is 1. The topological polar surface area (TPSA) is 75.6 Å². The molecular formula is C25H31ClFNO4Si. The molecule has 0 heterocycles. The summed E-state index contributed by atoms with van der Waals surface area (Å²) in [6, 6.07) is 9.08. The molecule has 1 amide bonds. The van der Waals surface area contributed by atoms with E-state index in [9.17, 15) is 9.59 Å². The lowest BCUT2D eigenvalue weighted by molar-refractivity contribution is 0.103.